The topological polar surface area (TPSA) is 44.5 Å². The quantitative estimate of drug-likeness (QED) is 0.722. The summed E-state index contributed by atoms with van der Waals surface area (Å²) >= 11 is 0. The van der Waals surface area contributed by atoms with Crippen LogP contribution in [0.1, 0.15) is 26.3 Å². The Hall–Kier alpha value is -1.06. The van der Waals surface area contributed by atoms with Gasteiger partial charge in [-0.3, -0.25) is 0 Å². The maximum Gasteiger partial charge on any atom is 0.119 e. The molecule has 102 valence electrons. The smallest absolute Gasteiger partial charge is 0.119 e. The van der Waals surface area contributed by atoms with E-state index in [9.17, 15) is 0 Å². The maximum absolute atomic E-state index is 5.65. The Balaban J connectivity index is 2.23. The summed E-state index contributed by atoms with van der Waals surface area (Å²) in [6.45, 7) is 8.30. The van der Waals surface area contributed by atoms with Crippen molar-refractivity contribution in [1.82, 2.24) is 0 Å². The van der Waals surface area contributed by atoms with Gasteiger partial charge in [-0.05, 0) is 43.5 Å². The molecule has 0 bridgehead atoms. The van der Waals surface area contributed by atoms with Crippen LogP contribution in [0, 0.1) is 5.92 Å². The summed E-state index contributed by atoms with van der Waals surface area (Å²) in [6.07, 6.45) is 1.19. The van der Waals surface area contributed by atoms with Crippen molar-refractivity contribution in [2.24, 2.45) is 11.7 Å². The van der Waals surface area contributed by atoms with E-state index in [-0.39, 0.29) is 6.10 Å². The Labute approximate surface area is 110 Å². The van der Waals surface area contributed by atoms with Crippen LogP contribution in [0.4, 0.5) is 0 Å². The standard InChI is InChI=1S/C15H25NO2/c1-12(2)13(3)17-10-11-18-15-6-4-14(5-7-15)8-9-16/h4-7,12-13H,8-11,16H2,1-3H3. The minimum Gasteiger partial charge on any atom is -0.491 e. The maximum atomic E-state index is 5.65. The van der Waals surface area contributed by atoms with E-state index in [0.29, 0.717) is 25.7 Å². The van der Waals surface area contributed by atoms with Crippen LogP contribution in [0.3, 0.4) is 0 Å². The average Bonchev–Trinajstić information content (AvgIpc) is 2.36. The Morgan fingerprint density at radius 2 is 1.72 bits per heavy atom. The molecular formula is C15H25NO2. The molecule has 3 nitrogen and oxygen atoms in total. The van der Waals surface area contributed by atoms with E-state index in [0.717, 1.165) is 12.2 Å². The minimum atomic E-state index is 0.278. The van der Waals surface area contributed by atoms with E-state index in [4.69, 9.17) is 15.2 Å². The van der Waals surface area contributed by atoms with Gasteiger partial charge in [0.2, 0.25) is 0 Å². The summed E-state index contributed by atoms with van der Waals surface area (Å²) in [6, 6.07) is 8.08. The Morgan fingerprint density at radius 3 is 2.28 bits per heavy atom. The molecule has 1 aromatic carbocycles. The van der Waals surface area contributed by atoms with Crippen LogP contribution >= 0.6 is 0 Å². The molecule has 2 N–H and O–H groups in total. The number of ether oxygens (including phenoxy) is 2. The molecule has 1 aromatic rings. The first-order chi connectivity index (χ1) is 8.63. The monoisotopic (exact) mass is 251 g/mol. The first kappa shape index (κ1) is 15.0. The van der Waals surface area contributed by atoms with Crippen LogP contribution < -0.4 is 10.5 Å². The number of hydrogen-bond donors (Lipinski definition) is 1. The molecule has 18 heavy (non-hydrogen) atoms. The Bertz CT molecular complexity index is 322. The zero-order chi connectivity index (χ0) is 13.4. The highest BCUT2D eigenvalue weighted by atomic mass is 16.5. The molecule has 0 aromatic heterocycles. The van der Waals surface area contributed by atoms with Crippen molar-refractivity contribution in [2.45, 2.75) is 33.3 Å². The highest BCUT2D eigenvalue weighted by Crippen LogP contribution is 2.12. The van der Waals surface area contributed by atoms with Gasteiger partial charge in [-0.2, -0.15) is 0 Å². The molecule has 0 spiro atoms. The van der Waals surface area contributed by atoms with Crippen LogP contribution in [0.5, 0.6) is 5.75 Å². The lowest BCUT2D eigenvalue weighted by Crippen LogP contribution is -2.19. The van der Waals surface area contributed by atoms with Crippen LogP contribution in [0.25, 0.3) is 0 Å². The molecule has 0 fully saturated rings. The third-order valence-electron chi connectivity index (χ3n) is 3.03. The summed E-state index contributed by atoms with van der Waals surface area (Å²) in [5.74, 6) is 1.43. The molecule has 0 amide bonds. The fourth-order valence-electron chi connectivity index (χ4n) is 1.50. The molecule has 3 heteroatoms. The minimum absolute atomic E-state index is 0.278. The second kappa shape index (κ2) is 8.11. The number of benzene rings is 1. The summed E-state index contributed by atoms with van der Waals surface area (Å²) in [5, 5.41) is 0. The molecule has 0 radical (unpaired) electrons. The van der Waals surface area contributed by atoms with Gasteiger partial charge in [-0.15, -0.1) is 0 Å². The van der Waals surface area contributed by atoms with Crippen molar-refractivity contribution >= 4 is 0 Å². The van der Waals surface area contributed by atoms with E-state index in [1.807, 2.05) is 12.1 Å². The first-order valence-electron chi connectivity index (χ1n) is 6.67. The predicted molar refractivity (Wildman–Crippen MR) is 74.9 cm³/mol. The molecule has 1 rings (SSSR count). The Morgan fingerprint density at radius 1 is 1.06 bits per heavy atom. The summed E-state index contributed by atoms with van der Waals surface area (Å²) in [4.78, 5) is 0. The van der Waals surface area contributed by atoms with Crippen LogP contribution in [0.15, 0.2) is 24.3 Å². The van der Waals surface area contributed by atoms with Crippen molar-refractivity contribution in [3.05, 3.63) is 29.8 Å². The van der Waals surface area contributed by atoms with Crippen molar-refractivity contribution < 1.29 is 9.47 Å². The zero-order valence-electron chi connectivity index (χ0n) is 11.7. The van der Waals surface area contributed by atoms with E-state index < -0.39 is 0 Å². The van der Waals surface area contributed by atoms with Gasteiger partial charge in [0, 0.05) is 0 Å². The van der Waals surface area contributed by atoms with E-state index in [1.165, 1.54) is 5.56 Å². The number of nitrogens with two attached hydrogens (primary N) is 1. The van der Waals surface area contributed by atoms with Crippen molar-refractivity contribution in [2.75, 3.05) is 19.8 Å². The molecule has 0 heterocycles. The van der Waals surface area contributed by atoms with Crippen molar-refractivity contribution in [3.63, 3.8) is 0 Å². The average molecular weight is 251 g/mol. The fraction of sp³-hybridized carbons (Fsp3) is 0.600. The van der Waals surface area contributed by atoms with Crippen LogP contribution in [-0.4, -0.2) is 25.9 Å². The van der Waals surface area contributed by atoms with Gasteiger partial charge in [0.1, 0.15) is 12.4 Å². The molecule has 1 unspecified atom stereocenters. The van der Waals surface area contributed by atoms with Gasteiger partial charge in [0.15, 0.2) is 0 Å². The highest BCUT2D eigenvalue weighted by molar-refractivity contribution is 5.27. The normalized spacial score (nSPS) is 12.7. The van der Waals surface area contributed by atoms with Crippen LogP contribution in [-0.2, 0) is 11.2 Å². The zero-order valence-corrected chi connectivity index (χ0v) is 11.7. The summed E-state index contributed by atoms with van der Waals surface area (Å²) in [7, 11) is 0. The van der Waals surface area contributed by atoms with E-state index in [1.54, 1.807) is 0 Å². The molecule has 1 atom stereocenters. The lowest BCUT2D eigenvalue weighted by Gasteiger charge is -2.16. The number of hydrogen-bond acceptors (Lipinski definition) is 3. The molecule has 0 aliphatic rings. The van der Waals surface area contributed by atoms with Crippen molar-refractivity contribution in [3.8, 4) is 5.75 Å². The van der Waals surface area contributed by atoms with Gasteiger partial charge in [-0.25, -0.2) is 0 Å². The molecule has 0 aliphatic carbocycles. The third-order valence-corrected chi connectivity index (χ3v) is 3.03. The SMILES string of the molecule is CC(C)C(C)OCCOc1ccc(CCN)cc1. The largest absolute Gasteiger partial charge is 0.491 e. The fourth-order valence-corrected chi connectivity index (χ4v) is 1.50. The van der Waals surface area contributed by atoms with E-state index in [2.05, 4.69) is 32.9 Å². The lowest BCUT2D eigenvalue weighted by atomic mass is 10.1. The first-order valence-corrected chi connectivity index (χ1v) is 6.67. The van der Waals surface area contributed by atoms with Gasteiger partial charge < -0.3 is 15.2 Å². The predicted octanol–water partition coefficient (Wildman–Crippen LogP) is 2.63. The number of rotatable bonds is 8. The van der Waals surface area contributed by atoms with Gasteiger partial charge in [0.05, 0.1) is 12.7 Å². The second-order valence-corrected chi connectivity index (χ2v) is 4.85. The third kappa shape index (κ3) is 5.52. The van der Waals surface area contributed by atoms with Crippen LogP contribution in [0.2, 0.25) is 0 Å². The Kier molecular flexibility index (Phi) is 6.76. The van der Waals surface area contributed by atoms with Gasteiger partial charge in [-0.1, -0.05) is 26.0 Å². The van der Waals surface area contributed by atoms with Gasteiger partial charge >= 0.3 is 0 Å². The summed E-state index contributed by atoms with van der Waals surface area (Å²) < 4.78 is 11.3. The second-order valence-electron chi connectivity index (χ2n) is 4.85. The molecular weight excluding hydrogens is 226 g/mol. The van der Waals surface area contributed by atoms with E-state index >= 15 is 0 Å². The van der Waals surface area contributed by atoms with Crippen molar-refractivity contribution in [1.29, 1.82) is 0 Å². The molecule has 0 saturated carbocycles. The lowest BCUT2D eigenvalue weighted by molar-refractivity contribution is 0.0188. The molecule has 0 aliphatic heterocycles. The van der Waals surface area contributed by atoms with Gasteiger partial charge in [0.25, 0.3) is 0 Å². The molecule has 0 saturated heterocycles. The summed E-state index contributed by atoms with van der Waals surface area (Å²) in [5.41, 5.74) is 6.75. The highest BCUT2D eigenvalue weighted by Gasteiger charge is 2.06.